The van der Waals surface area contributed by atoms with Gasteiger partial charge in [-0.1, -0.05) is 194 Å². The van der Waals surface area contributed by atoms with Crippen LogP contribution in [0.3, 0.4) is 0 Å². The third-order valence-corrected chi connectivity index (χ3v) is 13.6. The number of para-hydroxylation sites is 4. The van der Waals surface area contributed by atoms with Gasteiger partial charge in [0.05, 0.1) is 16.7 Å². The summed E-state index contributed by atoms with van der Waals surface area (Å²) < 4.78 is 8.72. The molecule has 0 N–H and O–H groups in total. The van der Waals surface area contributed by atoms with E-state index >= 15 is 0 Å². The smallest absolute Gasteiger partial charge is 0.136 e. The summed E-state index contributed by atoms with van der Waals surface area (Å²) in [5.74, 6) is 0. The lowest BCUT2D eigenvalue weighted by molar-refractivity contribution is 0.669. The van der Waals surface area contributed by atoms with Crippen LogP contribution in [0.5, 0.6) is 0 Å². The average Bonchev–Trinajstić information content (AvgIpc) is 3.98. The van der Waals surface area contributed by atoms with Gasteiger partial charge < -0.3 is 13.9 Å². The Hall–Kier alpha value is -9.18. The number of hydrogen-bond acceptors (Lipinski definition) is 2. The predicted molar refractivity (Wildman–Crippen MR) is 290 cm³/mol. The van der Waals surface area contributed by atoms with Crippen molar-refractivity contribution in [2.24, 2.45) is 0 Å². The molecule has 0 spiro atoms. The second-order valence-electron chi connectivity index (χ2n) is 17.6. The van der Waals surface area contributed by atoms with Crippen molar-refractivity contribution < 1.29 is 4.42 Å². The van der Waals surface area contributed by atoms with Gasteiger partial charge in [-0.25, -0.2) is 0 Å². The lowest BCUT2D eigenvalue weighted by Gasteiger charge is -2.29. The molecule has 11 aromatic carbocycles. The minimum atomic E-state index is 0.888. The van der Waals surface area contributed by atoms with Crippen LogP contribution in [-0.2, 0) is 0 Å². The molecule has 0 fully saturated rings. The first kappa shape index (κ1) is 40.1. The van der Waals surface area contributed by atoms with Crippen LogP contribution in [0.4, 0.5) is 17.1 Å². The normalized spacial score (nSPS) is 11.5. The number of hydrogen-bond donors (Lipinski definition) is 0. The summed E-state index contributed by atoms with van der Waals surface area (Å²) in [4.78, 5) is 2.43. The zero-order valence-electron chi connectivity index (χ0n) is 37.7. The Labute approximate surface area is 401 Å². The first-order valence-corrected chi connectivity index (χ1v) is 23.6. The Kier molecular flexibility index (Phi) is 9.84. The molecule has 0 saturated carbocycles. The molecule has 3 heteroatoms. The van der Waals surface area contributed by atoms with Crippen LogP contribution < -0.4 is 4.90 Å². The quantitative estimate of drug-likeness (QED) is 0.144. The van der Waals surface area contributed by atoms with E-state index in [9.17, 15) is 0 Å². The number of furan rings is 1. The highest BCUT2D eigenvalue weighted by atomic mass is 16.3. The fourth-order valence-corrected chi connectivity index (χ4v) is 10.5. The number of nitrogens with zero attached hydrogens (tertiary/aromatic N) is 2. The molecule has 2 heterocycles. The minimum Gasteiger partial charge on any atom is -0.456 e. The monoisotopic (exact) mass is 880 g/mol. The van der Waals surface area contributed by atoms with E-state index in [2.05, 4.69) is 264 Å². The van der Waals surface area contributed by atoms with E-state index in [-0.39, 0.29) is 0 Å². The number of benzene rings is 11. The summed E-state index contributed by atoms with van der Waals surface area (Å²) >= 11 is 0. The minimum absolute atomic E-state index is 0.888. The van der Waals surface area contributed by atoms with Gasteiger partial charge in [0.25, 0.3) is 0 Å². The van der Waals surface area contributed by atoms with E-state index in [0.717, 1.165) is 72.5 Å². The zero-order chi connectivity index (χ0) is 45.7. The van der Waals surface area contributed by atoms with Crippen molar-refractivity contribution in [2.75, 3.05) is 4.90 Å². The lowest BCUT2D eigenvalue weighted by atomic mass is 9.88. The molecule has 0 radical (unpaired) electrons. The van der Waals surface area contributed by atoms with Crippen molar-refractivity contribution >= 4 is 60.8 Å². The predicted octanol–water partition coefficient (Wildman–Crippen LogP) is 18.5. The van der Waals surface area contributed by atoms with E-state index in [4.69, 9.17) is 4.42 Å². The SMILES string of the molecule is c1ccc(-c2ccccc2-c2ccccc2-c2ccccc2N(c2ccc(-c3ccc4c(c3)oc3ccccc34)cc2)c2cccc(-c3cccc4c3c3ccccc3n4-c3ccccc3)c2)cc1. The Morgan fingerprint density at radius 2 is 0.841 bits per heavy atom. The summed E-state index contributed by atoms with van der Waals surface area (Å²) in [7, 11) is 0. The highest BCUT2D eigenvalue weighted by molar-refractivity contribution is 6.16. The molecule has 0 saturated heterocycles. The van der Waals surface area contributed by atoms with Gasteiger partial charge in [0.2, 0.25) is 0 Å². The Morgan fingerprint density at radius 3 is 1.64 bits per heavy atom. The van der Waals surface area contributed by atoms with Gasteiger partial charge in [-0.3, -0.25) is 0 Å². The molecule has 69 heavy (non-hydrogen) atoms. The zero-order valence-corrected chi connectivity index (χ0v) is 37.7. The fourth-order valence-electron chi connectivity index (χ4n) is 10.5. The van der Waals surface area contributed by atoms with Crippen LogP contribution in [-0.4, -0.2) is 4.57 Å². The van der Waals surface area contributed by atoms with Gasteiger partial charge in [0, 0.05) is 44.2 Å². The second kappa shape index (κ2) is 16.9. The van der Waals surface area contributed by atoms with E-state index in [1.54, 1.807) is 0 Å². The van der Waals surface area contributed by atoms with E-state index < -0.39 is 0 Å². The Balaban J connectivity index is 0.990. The molecule has 0 atom stereocenters. The highest BCUT2D eigenvalue weighted by Crippen LogP contribution is 2.47. The van der Waals surface area contributed by atoms with Crippen molar-refractivity contribution in [2.45, 2.75) is 0 Å². The number of aromatic nitrogens is 1. The largest absolute Gasteiger partial charge is 0.456 e. The fraction of sp³-hybridized carbons (Fsp3) is 0. The van der Waals surface area contributed by atoms with Gasteiger partial charge >= 0.3 is 0 Å². The lowest BCUT2D eigenvalue weighted by Crippen LogP contribution is -2.11. The van der Waals surface area contributed by atoms with Crippen molar-refractivity contribution in [1.82, 2.24) is 4.57 Å². The van der Waals surface area contributed by atoms with Crippen molar-refractivity contribution in [3.63, 3.8) is 0 Å². The summed E-state index contributed by atoms with van der Waals surface area (Å²) in [5, 5.41) is 4.72. The van der Waals surface area contributed by atoms with Crippen LogP contribution in [0.15, 0.2) is 271 Å². The van der Waals surface area contributed by atoms with E-state index in [1.165, 1.54) is 49.6 Å². The summed E-state index contributed by atoms with van der Waals surface area (Å²) in [6.45, 7) is 0. The van der Waals surface area contributed by atoms with Gasteiger partial charge in [-0.15, -0.1) is 0 Å². The number of fused-ring (bicyclic) bond motifs is 6. The molecule has 324 valence electrons. The number of rotatable bonds is 9. The average molecular weight is 881 g/mol. The van der Waals surface area contributed by atoms with Crippen LogP contribution in [0.2, 0.25) is 0 Å². The molecule has 13 rings (SSSR count). The topological polar surface area (TPSA) is 21.3 Å². The molecule has 2 aromatic heterocycles. The second-order valence-corrected chi connectivity index (χ2v) is 17.6. The van der Waals surface area contributed by atoms with E-state index in [0.29, 0.717) is 0 Å². The first-order valence-electron chi connectivity index (χ1n) is 23.6. The molecule has 0 aliphatic rings. The molecule has 0 amide bonds. The highest BCUT2D eigenvalue weighted by Gasteiger charge is 2.22. The van der Waals surface area contributed by atoms with Gasteiger partial charge in [-0.05, 0) is 123 Å². The summed E-state index contributed by atoms with van der Waals surface area (Å²) in [6.07, 6.45) is 0. The standard InChI is InChI=1S/C66H44N2O/c1-3-19-46(20-4-1)52-25-7-8-26-54(52)55-27-9-10-28-56(55)57-29-11-14-33-61(57)67(50-40-37-45(38-41-50)47-39-42-59-58-30-13-16-36-64(58)69-65(59)44-47)51-24-17-21-48(43-51)53-32-18-35-63-66(53)60-31-12-15-34-62(60)68(63)49-22-5-2-6-23-49/h1-44H. The first-order chi connectivity index (χ1) is 34.2. The van der Waals surface area contributed by atoms with Crippen LogP contribution >= 0.6 is 0 Å². The molecule has 3 nitrogen and oxygen atoms in total. The van der Waals surface area contributed by atoms with Gasteiger partial charge in [0.15, 0.2) is 0 Å². The van der Waals surface area contributed by atoms with Crippen molar-refractivity contribution in [3.05, 3.63) is 267 Å². The molecular formula is C66H44N2O. The maximum atomic E-state index is 6.33. The van der Waals surface area contributed by atoms with Crippen molar-refractivity contribution in [3.8, 4) is 61.3 Å². The maximum Gasteiger partial charge on any atom is 0.136 e. The van der Waals surface area contributed by atoms with Crippen LogP contribution in [0, 0.1) is 0 Å². The third-order valence-electron chi connectivity index (χ3n) is 13.6. The third kappa shape index (κ3) is 6.99. The molecule has 0 bridgehead atoms. The molecule has 0 aliphatic carbocycles. The Bertz CT molecular complexity index is 4010. The van der Waals surface area contributed by atoms with E-state index in [1.807, 2.05) is 12.1 Å². The van der Waals surface area contributed by atoms with Gasteiger partial charge in [-0.2, -0.15) is 0 Å². The summed E-state index contributed by atoms with van der Waals surface area (Å²) in [6, 6.07) is 96.2. The van der Waals surface area contributed by atoms with Crippen LogP contribution in [0.1, 0.15) is 0 Å². The molecular weight excluding hydrogens is 837 g/mol. The maximum absolute atomic E-state index is 6.33. The molecule has 0 aliphatic heterocycles. The summed E-state index contributed by atoms with van der Waals surface area (Å²) in [5.41, 5.74) is 20.1. The molecule has 0 unspecified atom stereocenters. The van der Waals surface area contributed by atoms with Crippen LogP contribution in [0.25, 0.3) is 105 Å². The Morgan fingerprint density at radius 1 is 0.290 bits per heavy atom. The number of anilines is 3. The van der Waals surface area contributed by atoms with Gasteiger partial charge in [0.1, 0.15) is 11.2 Å². The molecule has 13 aromatic rings. The van der Waals surface area contributed by atoms with Crippen molar-refractivity contribution in [1.29, 1.82) is 0 Å².